The average molecular weight is 816 g/mol. The number of carbonyl (C=O) groups excluding carboxylic acids is 2. The standard InChI is InChI=1S/C52H97NO5/c1-3-5-7-9-11-13-15-16-19-23-26-30-34-38-42-46-52(57)58-47-43-39-35-31-27-24-21-18-17-20-22-25-29-33-37-41-45-51(56)53-49(48-54)50(55)44-40-36-32-28-14-12-10-8-6-4-2/h11,13,16-17,19-20,49-50,54-55H,3-10,12,14-15,18,21-48H2,1-2H3,(H,53,56)/b13-11-,19-16-,20-17-. The Balaban J connectivity index is 3.47. The Morgan fingerprint density at radius 1 is 0.483 bits per heavy atom. The van der Waals surface area contributed by atoms with Gasteiger partial charge in [0.25, 0.3) is 0 Å². The Kier molecular flexibility index (Phi) is 46.2. The molecule has 0 fully saturated rings. The highest BCUT2D eigenvalue weighted by molar-refractivity contribution is 5.76. The first-order valence-electron chi connectivity index (χ1n) is 25.2. The Morgan fingerprint density at radius 2 is 0.862 bits per heavy atom. The van der Waals surface area contributed by atoms with E-state index in [1.165, 1.54) is 154 Å². The maximum absolute atomic E-state index is 12.4. The fourth-order valence-electron chi connectivity index (χ4n) is 7.49. The van der Waals surface area contributed by atoms with Crippen molar-refractivity contribution < 1.29 is 24.5 Å². The van der Waals surface area contributed by atoms with Gasteiger partial charge in [-0.15, -0.1) is 0 Å². The first kappa shape index (κ1) is 56.1. The summed E-state index contributed by atoms with van der Waals surface area (Å²) in [6, 6.07) is -0.552. The summed E-state index contributed by atoms with van der Waals surface area (Å²) in [5, 5.41) is 23.1. The summed E-state index contributed by atoms with van der Waals surface area (Å²) >= 11 is 0. The van der Waals surface area contributed by atoms with E-state index in [-0.39, 0.29) is 18.5 Å². The van der Waals surface area contributed by atoms with Crippen LogP contribution in [-0.4, -0.2) is 47.4 Å². The first-order valence-corrected chi connectivity index (χ1v) is 25.2. The minimum absolute atomic E-state index is 0.0177. The van der Waals surface area contributed by atoms with Crippen LogP contribution in [0.2, 0.25) is 0 Å². The number of carbonyl (C=O) groups is 2. The van der Waals surface area contributed by atoms with Gasteiger partial charge >= 0.3 is 5.97 Å². The number of allylic oxidation sites excluding steroid dienone is 6. The fraction of sp³-hybridized carbons (Fsp3) is 0.846. The molecule has 0 saturated carbocycles. The second-order valence-electron chi connectivity index (χ2n) is 17.1. The molecule has 1 amide bonds. The maximum atomic E-state index is 12.4. The third kappa shape index (κ3) is 43.7. The normalized spacial score (nSPS) is 13.0. The zero-order chi connectivity index (χ0) is 42.3. The van der Waals surface area contributed by atoms with E-state index in [4.69, 9.17) is 4.74 Å². The summed E-state index contributed by atoms with van der Waals surface area (Å²) in [6.45, 7) is 4.87. The number of esters is 1. The molecule has 0 rings (SSSR count). The number of aliphatic hydroxyl groups is 2. The molecule has 0 aliphatic rings. The van der Waals surface area contributed by atoms with E-state index in [2.05, 4.69) is 55.6 Å². The maximum Gasteiger partial charge on any atom is 0.305 e. The Hall–Kier alpha value is -1.92. The van der Waals surface area contributed by atoms with E-state index in [0.29, 0.717) is 25.9 Å². The van der Waals surface area contributed by atoms with Gasteiger partial charge in [0.05, 0.1) is 25.4 Å². The molecule has 0 aromatic carbocycles. The molecule has 0 aromatic rings. The lowest BCUT2D eigenvalue weighted by Crippen LogP contribution is -2.45. The van der Waals surface area contributed by atoms with Gasteiger partial charge in [-0.1, -0.05) is 198 Å². The van der Waals surface area contributed by atoms with E-state index in [9.17, 15) is 19.8 Å². The van der Waals surface area contributed by atoms with E-state index >= 15 is 0 Å². The predicted molar refractivity (Wildman–Crippen MR) is 250 cm³/mol. The van der Waals surface area contributed by atoms with Gasteiger partial charge in [-0.05, 0) is 83.5 Å². The molecule has 340 valence electrons. The monoisotopic (exact) mass is 816 g/mol. The minimum Gasteiger partial charge on any atom is -0.466 e. The van der Waals surface area contributed by atoms with E-state index in [0.717, 1.165) is 70.6 Å². The number of nitrogens with one attached hydrogen (secondary N) is 1. The fourth-order valence-corrected chi connectivity index (χ4v) is 7.49. The first-order chi connectivity index (χ1) is 28.5. The number of rotatable bonds is 46. The molecule has 6 heteroatoms. The van der Waals surface area contributed by atoms with Crippen molar-refractivity contribution in [3.8, 4) is 0 Å². The number of amides is 1. The lowest BCUT2D eigenvalue weighted by Gasteiger charge is -2.22. The molecule has 0 aliphatic heterocycles. The molecular formula is C52H97NO5. The third-order valence-corrected chi connectivity index (χ3v) is 11.4. The molecule has 2 atom stereocenters. The van der Waals surface area contributed by atoms with Crippen molar-refractivity contribution in [3.63, 3.8) is 0 Å². The van der Waals surface area contributed by atoms with Crippen molar-refractivity contribution >= 4 is 11.9 Å². The van der Waals surface area contributed by atoms with Crippen molar-refractivity contribution in [3.05, 3.63) is 36.5 Å². The molecule has 0 heterocycles. The van der Waals surface area contributed by atoms with Crippen LogP contribution in [0.3, 0.4) is 0 Å². The van der Waals surface area contributed by atoms with Crippen molar-refractivity contribution in [2.24, 2.45) is 0 Å². The highest BCUT2D eigenvalue weighted by Gasteiger charge is 2.20. The van der Waals surface area contributed by atoms with Gasteiger partial charge in [-0.25, -0.2) is 0 Å². The zero-order valence-electron chi connectivity index (χ0n) is 38.5. The molecular weight excluding hydrogens is 719 g/mol. The quantitative estimate of drug-likeness (QED) is 0.0323. The van der Waals surface area contributed by atoms with Crippen LogP contribution in [0.5, 0.6) is 0 Å². The van der Waals surface area contributed by atoms with Crippen LogP contribution in [0, 0.1) is 0 Å². The number of unbranched alkanes of at least 4 members (excludes halogenated alkanes) is 29. The number of aliphatic hydroxyl groups excluding tert-OH is 2. The van der Waals surface area contributed by atoms with Gasteiger partial charge in [-0.2, -0.15) is 0 Å². The number of hydrogen-bond acceptors (Lipinski definition) is 5. The molecule has 0 aromatic heterocycles. The second kappa shape index (κ2) is 47.8. The van der Waals surface area contributed by atoms with Crippen molar-refractivity contribution in [2.45, 2.75) is 270 Å². The van der Waals surface area contributed by atoms with Crippen LogP contribution in [0.4, 0.5) is 0 Å². The van der Waals surface area contributed by atoms with E-state index in [1.54, 1.807) is 0 Å². The highest BCUT2D eigenvalue weighted by Crippen LogP contribution is 2.15. The van der Waals surface area contributed by atoms with E-state index < -0.39 is 12.1 Å². The molecule has 3 N–H and O–H groups in total. The topological polar surface area (TPSA) is 95.9 Å². The smallest absolute Gasteiger partial charge is 0.305 e. The predicted octanol–water partition coefficient (Wildman–Crippen LogP) is 14.9. The summed E-state index contributed by atoms with van der Waals surface area (Å²) in [5.41, 5.74) is 0. The highest BCUT2D eigenvalue weighted by atomic mass is 16.5. The summed E-state index contributed by atoms with van der Waals surface area (Å²) < 4.78 is 5.45. The molecule has 6 nitrogen and oxygen atoms in total. The zero-order valence-corrected chi connectivity index (χ0v) is 38.5. The second-order valence-corrected chi connectivity index (χ2v) is 17.1. The summed E-state index contributed by atoms with van der Waals surface area (Å²) in [7, 11) is 0. The Morgan fingerprint density at radius 3 is 1.36 bits per heavy atom. The van der Waals surface area contributed by atoms with Gasteiger partial charge in [0.15, 0.2) is 0 Å². The Labute approximate surface area is 360 Å². The van der Waals surface area contributed by atoms with Crippen LogP contribution in [0.25, 0.3) is 0 Å². The van der Waals surface area contributed by atoms with Gasteiger partial charge < -0.3 is 20.3 Å². The Bertz CT molecular complexity index is 946. The van der Waals surface area contributed by atoms with Gasteiger partial charge in [0.2, 0.25) is 5.91 Å². The van der Waals surface area contributed by atoms with Crippen molar-refractivity contribution in [1.29, 1.82) is 0 Å². The summed E-state index contributed by atoms with van der Waals surface area (Å²) in [5.74, 6) is -0.0731. The molecule has 58 heavy (non-hydrogen) atoms. The lowest BCUT2D eigenvalue weighted by atomic mass is 10.0. The lowest BCUT2D eigenvalue weighted by molar-refractivity contribution is -0.143. The van der Waals surface area contributed by atoms with Gasteiger partial charge in [-0.3, -0.25) is 9.59 Å². The molecule has 0 bridgehead atoms. The SMILES string of the molecule is CCCCC/C=C\C/C=C\CCCCCCCC(=O)OCCCCCCCCC/C=C\CCCCCCCC(=O)NC(CO)C(O)CCCCCCCCCCCC. The minimum atomic E-state index is -0.673. The van der Waals surface area contributed by atoms with E-state index in [1.807, 2.05) is 0 Å². The number of ether oxygens (including phenoxy) is 1. The largest absolute Gasteiger partial charge is 0.466 e. The summed E-state index contributed by atoms with van der Waals surface area (Å²) in [4.78, 5) is 24.4. The van der Waals surface area contributed by atoms with Crippen LogP contribution in [0.15, 0.2) is 36.5 Å². The van der Waals surface area contributed by atoms with Gasteiger partial charge in [0, 0.05) is 12.8 Å². The molecule has 0 spiro atoms. The summed E-state index contributed by atoms with van der Waals surface area (Å²) in [6.07, 6.45) is 56.8. The average Bonchev–Trinajstić information content (AvgIpc) is 3.22. The van der Waals surface area contributed by atoms with Crippen LogP contribution in [-0.2, 0) is 14.3 Å². The van der Waals surface area contributed by atoms with Crippen LogP contribution in [0.1, 0.15) is 258 Å². The van der Waals surface area contributed by atoms with Crippen molar-refractivity contribution in [2.75, 3.05) is 13.2 Å². The third-order valence-electron chi connectivity index (χ3n) is 11.4. The molecule has 0 radical (unpaired) electrons. The van der Waals surface area contributed by atoms with Crippen LogP contribution < -0.4 is 5.32 Å². The number of hydrogen-bond donors (Lipinski definition) is 3. The van der Waals surface area contributed by atoms with Crippen LogP contribution >= 0.6 is 0 Å². The molecule has 0 saturated heterocycles. The molecule has 0 aliphatic carbocycles. The van der Waals surface area contributed by atoms with Gasteiger partial charge in [0.1, 0.15) is 0 Å². The molecule has 2 unspecified atom stereocenters. The van der Waals surface area contributed by atoms with Crippen molar-refractivity contribution in [1.82, 2.24) is 5.32 Å².